The molecular formula is C23H31N. The smallest absolute Gasteiger partial charge is 0.0375 e. The maximum atomic E-state index is 3.81. The summed E-state index contributed by atoms with van der Waals surface area (Å²) in [5.41, 5.74) is 5.06. The Bertz CT molecular complexity index is 587. The predicted molar refractivity (Wildman–Crippen MR) is 108 cm³/mol. The van der Waals surface area contributed by atoms with Crippen LogP contribution in [0, 0.1) is 0 Å². The highest BCUT2D eigenvalue weighted by Gasteiger charge is 2.06. The number of allylic oxidation sites excluding steroid dienone is 4. The van der Waals surface area contributed by atoms with Crippen LogP contribution in [0.25, 0.3) is 12.2 Å². The number of benzene rings is 1. The predicted octanol–water partition coefficient (Wildman–Crippen LogP) is 6.51. The van der Waals surface area contributed by atoms with Crippen molar-refractivity contribution in [2.75, 3.05) is 6.54 Å². The Hall–Kier alpha value is -2.02. The monoisotopic (exact) mass is 321 g/mol. The second-order valence-electron chi connectivity index (χ2n) is 6.45. The minimum Gasteiger partial charge on any atom is -0.385 e. The lowest BCUT2D eigenvalue weighted by atomic mass is 10.00. The van der Waals surface area contributed by atoms with E-state index in [9.17, 15) is 0 Å². The van der Waals surface area contributed by atoms with Gasteiger partial charge in [0, 0.05) is 12.2 Å². The summed E-state index contributed by atoms with van der Waals surface area (Å²) in [5.74, 6) is 0. The van der Waals surface area contributed by atoms with Crippen LogP contribution in [0.15, 0.2) is 60.3 Å². The van der Waals surface area contributed by atoms with Crippen molar-refractivity contribution in [2.45, 2.75) is 51.9 Å². The molecule has 0 saturated carbocycles. The Kier molecular flexibility index (Phi) is 8.17. The number of hydrogen-bond donors (Lipinski definition) is 1. The third kappa shape index (κ3) is 6.23. The van der Waals surface area contributed by atoms with E-state index in [-0.39, 0.29) is 0 Å². The lowest BCUT2D eigenvalue weighted by Crippen LogP contribution is -2.17. The van der Waals surface area contributed by atoms with Crippen molar-refractivity contribution < 1.29 is 0 Å². The summed E-state index contributed by atoms with van der Waals surface area (Å²) in [6, 6.07) is 8.55. The van der Waals surface area contributed by atoms with Crippen molar-refractivity contribution in [3.63, 3.8) is 0 Å². The minimum absolute atomic E-state index is 0.999. The molecular weight excluding hydrogens is 290 g/mol. The molecule has 2 rings (SSSR count). The maximum Gasteiger partial charge on any atom is 0.0375 e. The maximum absolute atomic E-state index is 3.81. The van der Waals surface area contributed by atoms with E-state index in [1.807, 2.05) is 6.08 Å². The van der Waals surface area contributed by atoms with Crippen LogP contribution in [0.3, 0.4) is 0 Å². The third-order valence-corrected chi connectivity index (χ3v) is 4.44. The number of rotatable bonds is 10. The lowest BCUT2D eigenvalue weighted by Gasteiger charge is -2.16. The molecule has 24 heavy (non-hydrogen) atoms. The molecule has 0 aliphatic heterocycles. The standard InChI is InChI=1S/C23H31N/c1-3-5-6-7-8-11-18-24-23-13-10-9-12-22(23)19-21-16-14-20(4-2)15-17-21/h4,9-10,13-17,19,24H,2-3,5-8,11-12,18H2,1H3. The summed E-state index contributed by atoms with van der Waals surface area (Å²) in [6.07, 6.45) is 19.8. The Morgan fingerprint density at radius 1 is 1.00 bits per heavy atom. The first kappa shape index (κ1) is 18.3. The van der Waals surface area contributed by atoms with Gasteiger partial charge in [0.25, 0.3) is 0 Å². The van der Waals surface area contributed by atoms with Gasteiger partial charge in [-0.25, -0.2) is 0 Å². The van der Waals surface area contributed by atoms with Crippen molar-refractivity contribution in [1.82, 2.24) is 5.32 Å². The fraction of sp³-hybridized carbons (Fsp3) is 0.391. The van der Waals surface area contributed by atoms with Crippen LogP contribution in [-0.4, -0.2) is 6.54 Å². The first-order valence-electron chi connectivity index (χ1n) is 9.37. The fourth-order valence-electron chi connectivity index (χ4n) is 2.94. The highest BCUT2D eigenvalue weighted by molar-refractivity contribution is 5.61. The number of unbranched alkanes of at least 4 members (excludes halogenated alkanes) is 5. The first-order valence-corrected chi connectivity index (χ1v) is 9.37. The van der Waals surface area contributed by atoms with Gasteiger partial charge in [-0.15, -0.1) is 0 Å². The van der Waals surface area contributed by atoms with Crippen molar-refractivity contribution in [2.24, 2.45) is 0 Å². The molecule has 0 unspecified atom stereocenters. The average molecular weight is 322 g/mol. The molecule has 0 atom stereocenters. The van der Waals surface area contributed by atoms with Crippen LogP contribution in [0.1, 0.15) is 63.0 Å². The second kappa shape index (κ2) is 10.7. The van der Waals surface area contributed by atoms with Gasteiger partial charge in [-0.05, 0) is 41.7 Å². The van der Waals surface area contributed by atoms with Gasteiger partial charge < -0.3 is 5.32 Å². The Balaban J connectivity index is 1.85. The molecule has 0 fully saturated rings. The largest absolute Gasteiger partial charge is 0.385 e. The normalized spacial score (nSPS) is 15.4. The molecule has 1 N–H and O–H groups in total. The molecule has 0 spiro atoms. The molecule has 1 aliphatic rings. The van der Waals surface area contributed by atoms with Crippen LogP contribution < -0.4 is 5.32 Å². The van der Waals surface area contributed by atoms with E-state index in [4.69, 9.17) is 0 Å². The molecule has 0 amide bonds. The van der Waals surface area contributed by atoms with Crippen LogP contribution in [0.4, 0.5) is 0 Å². The summed E-state index contributed by atoms with van der Waals surface area (Å²) in [7, 11) is 0. The summed E-state index contributed by atoms with van der Waals surface area (Å²) in [4.78, 5) is 0. The Morgan fingerprint density at radius 3 is 2.46 bits per heavy atom. The quantitative estimate of drug-likeness (QED) is 0.484. The van der Waals surface area contributed by atoms with Crippen molar-refractivity contribution in [3.8, 4) is 0 Å². The first-order chi connectivity index (χ1) is 11.8. The van der Waals surface area contributed by atoms with Gasteiger partial charge in [0.1, 0.15) is 0 Å². The van der Waals surface area contributed by atoms with E-state index in [1.54, 1.807) is 0 Å². The average Bonchev–Trinajstić information content (AvgIpc) is 2.63. The zero-order chi connectivity index (χ0) is 17.0. The van der Waals surface area contributed by atoms with Crippen molar-refractivity contribution in [1.29, 1.82) is 0 Å². The van der Waals surface area contributed by atoms with Crippen molar-refractivity contribution >= 4 is 12.2 Å². The van der Waals surface area contributed by atoms with Gasteiger partial charge in [0.15, 0.2) is 0 Å². The molecule has 1 aromatic rings. The van der Waals surface area contributed by atoms with Crippen LogP contribution >= 0.6 is 0 Å². The SMILES string of the molecule is C=Cc1ccc(C=C2CC=CC=C2NCCCCCCCC)cc1. The molecule has 1 nitrogen and oxygen atoms in total. The van der Waals surface area contributed by atoms with E-state index in [0.717, 1.165) is 18.5 Å². The summed E-state index contributed by atoms with van der Waals surface area (Å²) < 4.78 is 0. The summed E-state index contributed by atoms with van der Waals surface area (Å²) in [6.45, 7) is 7.15. The fourth-order valence-corrected chi connectivity index (χ4v) is 2.94. The third-order valence-electron chi connectivity index (χ3n) is 4.44. The highest BCUT2D eigenvalue weighted by Crippen LogP contribution is 2.21. The van der Waals surface area contributed by atoms with Gasteiger partial charge in [0.2, 0.25) is 0 Å². The van der Waals surface area contributed by atoms with E-state index in [0.29, 0.717) is 0 Å². The molecule has 1 aliphatic carbocycles. The van der Waals surface area contributed by atoms with E-state index >= 15 is 0 Å². The molecule has 0 radical (unpaired) electrons. The molecule has 1 heteroatoms. The molecule has 1 aromatic carbocycles. The van der Waals surface area contributed by atoms with Gasteiger partial charge in [0.05, 0.1) is 0 Å². The minimum atomic E-state index is 0.999. The van der Waals surface area contributed by atoms with Crippen molar-refractivity contribution in [3.05, 3.63) is 71.5 Å². The van der Waals surface area contributed by atoms with Gasteiger partial charge in [-0.3, -0.25) is 0 Å². The molecule has 0 heterocycles. The van der Waals surface area contributed by atoms with Gasteiger partial charge >= 0.3 is 0 Å². The summed E-state index contributed by atoms with van der Waals surface area (Å²) in [5, 5.41) is 3.63. The molecule has 0 saturated heterocycles. The molecule has 128 valence electrons. The zero-order valence-electron chi connectivity index (χ0n) is 15.1. The van der Waals surface area contributed by atoms with E-state index in [1.165, 1.54) is 55.4 Å². The Morgan fingerprint density at radius 2 is 1.71 bits per heavy atom. The number of hydrogen-bond acceptors (Lipinski definition) is 1. The van der Waals surface area contributed by atoms with E-state index in [2.05, 4.69) is 67.4 Å². The summed E-state index contributed by atoms with van der Waals surface area (Å²) >= 11 is 0. The van der Waals surface area contributed by atoms with E-state index < -0.39 is 0 Å². The Labute approximate surface area is 147 Å². The zero-order valence-corrected chi connectivity index (χ0v) is 15.1. The second-order valence-corrected chi connectivity index (χ2v) is 6.45. The van der Waals surface area contributed by atoms with Gasteiger partial charge in [-0.2, -0.15) is 0 Å². The molecule has 0 bridgehead atoms. The number of nitrogens with one attached hydrogen (secondary N) is 1. The van der Waals surface area contributed by atoms with Crippen LogP contribution in [0.5, 0.6) is 0 Å². The highest BCUT2D eigenvalue weighted by atomic mass is 14.9. The topological polar surface area (TPSA) is 12.0 Å². The van der Waals surface area contributed by atoms with Crippen LogP contribution in [-0.2, 0) is 0 Å². The molecule has 0 aromatic heterocycles. The van der Waals surface area contributed by atoms with Gasteiger partial charge in [-0.1, -0.05) is 88.1 Å². The lowest BCUT2D eigenvalue weighted by molar-refractivity contribution is 0.593. The van der Waals surface area contributed by atoms with Crippen LogP contribution in [0.2, 0.25) is 0 Å².